The van der Waals surface area contributed by atoms with Crippen LogP contribution in [0, 0.1) is 0 Å². The van der Waals surface area contributed by atoms with Crippen molar-refractivity contribution in [1.82, 2.24) is 9.80 Å². The summed E-state index contributed by atoms with van der Waals surface area (Å²) in [5, 5.41) is 3.48. The number of hydrogen-bond donors (Lipinski definition) is 1. The summed E-state index contributed by atoms with van der Waals surface area (Å²) < 4.78 is 6.09. The Bertz CT molecular complexity index is 1120. The Hall–Kier alpha value is -3.10. The number of nitrogens with one attached hydrogen (secondary N) is 1. The number of likely N-dealkylation sites (N-methyl/N-ethyl adjacent to an activating group) is 1. The molecule has 5 rings (SSSR count). The Labute approximate surface area is 220 Å². The van der Waals surface area contributed by atoms with Crippen LogP contribution in [0.4, 0.5) is 22.7 Å². The van der Waals surface area contributed by atoms with Gasteiger partial charge in [0.15, 0.2) is 0 Å². The highest BCUT2D eigenvalue weighted by molar-refractivity contribution is 6.05. The summed E-state index contributed by atoms with van der Waals surface area (Å²) >= 11 is 0. The molecule has 1 N–H and O–H groups in total. The van der Waals surface area contributed by atoms with Crippen molar-refractivity contribution in [2.75, 3.05) is 55.0 Å². The molecule has 2 saturated heterocycles. The first-order valence-corrected chi connectivity index (χ1v) is 13.6. The number of hydrogen-bond acceptors (Lipinski definition) is 6. The Morgan fingerprint density at radius 2 is 1.68 bits per heavy atom. The Balaban J connectivity index is 1.31. The van der Waals surface area contributed by atoms with E-state index in [9.17, 15) is 9.59 Å². The summed E-state index contributed by atoms with van der Waals surface area (Å²) in [5.41, 5.74) is 4.44. The van der Waals surface area contributed by atoms with E-state index < -0.39 is 0 Å². The average Bonchev–Trinajstić information content (AvgIpc) is 2.92. The normalized spacial score (nSPS) is 22.8. The van der Waals surface area contributed by atoms with Gasteiger partial charge in [-0.15, -0.1) is 0 Å². The van der Waals surface area contributed by atoms with Crippen LogP contribution in [0.25, 0.3) is 0 Å². The first-order valence-electron chi connectivity index (χ1n) is 13.6. The van der Waals surface area contributed by atoms with Gasteiger partial charge >= 0.3 is 0 Å². The fraction of sp³-hybridized carbons (Fsp3) is 0.517. The van der Waals surface area contributed by atoms with E-state index in [1.165, 1.54) is 0 Å². The fourth-order valence-corrected chi connectivity index (χ4v) is 5.65. The maximum atomic E-state index is 13.0. The zero-order valence-corrected chi connectivity index (χ0v) is 22.4. The summed E-state index contributed by atoms with van der Waals surface area (Å²) in [6.07, 6.45) is 2.99. The van der Waals surface area contributed by atoms with Gasteiger partial charge in [-0.2, -0.15) is 0 Å². The second kappa shape index (κ2) is 10.7. The second-order valence-corrected chi connectivity index (χ2v) is 10.6. The molecule has 2 atom stereocenters. The third-order valence-electron chi connectivity index (χ3n) is 7.94. The molecule has 3 aliphatic rings. The molecule has 1 unspecified atom stereocenters. The third-order valence-corrected chi connectivity index (χ3v) is 7.94. The Kier molecular flexibility index (Phi) is 7.40. The van der Waals surface area contributed by atoms with E-state index in [1.807, 2.05) is 55.3 Å². The molecule has 0 bridgehead atoms. The molecule has 2 amide bonds. The van der Waals surface area contributed by atoms with Gasteiger partial charge in [0.2, 0.25) is 5.91 Å². The average molecular weight is 506 g/mol. The minimum Gasteiger partial charge on any atom is -0.358 e. The van der Waals surface area contributed by atoms with Crippen molar-refractivity contribution in [2.45, 2.75) is 58.3 Å². The molecular weight excluding hydrogens is 466 g/mol. The van der Waals surface area contributed by atoms with Crippen molar-refractivity contribution in [3.63, 3.8) is 0 Å². The van der Waals surface area contributed by atoms with Gasteiger partial charge in [-0.25, -0.2) is 0 Å². The molecule has 2 fully saturated rings. The zero-order valence-electron chi connectivity index (χ0n) is 22.4. The number of benzene rings is 2. The topological polar surface area (TPSA) is 68.4 Å². The monoisotopic (exact) mass is 505 g/mol. The quantitative estimate of drug-likeness (QED) is 0.654. The molecule has 8 nitrogen and oxygen atoms in total. The van der Waals surface area contributed by atoms with E-state index in [4.69, 9.17) is 4.74 Å². The van der Waals surface area contributed by atoms with Crippen molar-refractivity contribution in [3.8, 4) is 0 Å². The first-order chi connectivity index (χ1) is 17.8. The summed E-state index contributed by atoms with van der Waals surface area (Å²) in [6, 6.07) is 14.0. The van der Waals surface area contributed by atoms with Crippen LogP contribution >= 0.6 is 0 Å². The van der Waals surface area contributed by atoms with Crippen molar-refractivity contribution >= 4 is 34.6 Å². The van der Waals surface area contributed by atoms with Gasteiger partial charge in [-0.1, -0.05) is 0 Å². The van der Waals surface area contributed by atoms with Gasteiger partial charge in [0.1, 0.15) is 12.3 Å². The van der Waals surface area contributed by atoms with E-state index in [0.29, 0.717) is 11.6 Å². The number of nitrogens with zero attached hydrogens (tertiary/aromatic N) is 4. The lowest BCUT2D eigenvalue weighted by Gasteiger charge is -2.45. The van der Waals surface area contributed by atoms with Crippen LogP contribution < -0.4 is 15.1 Å². The molecule has 0 aromatic heterocycles. The SMILES string of the molecule is CC(C)N1CCN(C(=O)c2ccc(Nc3ccc4c(c3)N(C3CCCCO3)[C@H](C)C(=O)N4C)cc2)CC1. The second-order valence-electron chi connectivity index (χ2n) is 10.6. The highest BCUT2D eigenvalue weighted by atomic mass is 16.5. The lowest BCUT2D eigenvalue weighted by molar-refractivity contribution is -0.120. The molecule has 2 aromatic rings. The summed E-state index contributed by atoms with van der Waals surface area (Å²) in [5.74, 6) is 0.168. The minimum absolute atomic E-state index is 0.0771. The first kappa shape index (κ1) is 25.5. The molecular formula is C29H39N5O3. The Morgan fingerprint density at radius 3 is 2.32 bits per heavy atom. The largest absolute Gasteiger partial charge is 0.358 e. The number of ether oxygens (including phenoxy) is 1. The predicted octanol–water partition coefficient (Wildman–Crippen LogP) is 4.29. The molecule has 2 aromatic carbocycles. The fourth-order valence-electron chi connectivity index (χ4n) is 5.65. The van der Waals surface area contributed by atoms with Crippen molar-refractivity contribution in [2.24, 2.45) is 0 Å². The highest BCUT2D eigenvalue weighted by Gasteiger charge is 2.38. The van der Waals surface area contributed by atoms with Gasteiger partial charge in [-0.3, -0.25) is 14.5 Å². The minimum atomic E-state index is -0.288. The van der Waals surface area contributed by atoms with E-state index in [0.717, 1.165) is 74.8 Å². The zero-order chi connectivity index (χ0) is 26.1. The van der Waals surface area contributed by atoms with Crippen LogP contribution in [-0.2, 0) is 9.53 Å². The number of piperazine rings is 1. The number of anilines is 4. The van der Waals surface area contributed by atoms with Gasteiger partial charge in [-0.05, 0) is 82.5 Å². The molecule has 0 spiro atoms. The van der Waals surface area contributed by atoms with Gasteiger partial charge in [0.05, 0.1) is 11.4 Å². The number of rotatable bonds is 5. The van der Waals surface area contributed by atoms with Crippen LogP contribution in [0.2, 0.25) is 0 Å². The van der Waals surface area contributed by atoms with Crippen molar-refractivity contribution in [3.05, 3.63) is 48.0 Å². The number of amides is 2. The molecule has 198 valence electrons. The molecule has 8 heteroatoms. The number of carbonyl (C=O) groups is 2. The molecule has 0 aliphatic carbocycles. The van der Waals surface area contributed by atoms with Crippen LogP contribution in [0.1, 0.15) is 50.4 Å². The molecule has 37 heavy (non-hydrogen) atoms. The Morgan fingerprint density at radius 1 is 0.973 bits per heavy atom. The van der Waals surface area contributed by atoms with Crippen LogP contribution in [-0.4, -0.2) is 79.8 Å². The molecule has 3 aliphatic heterocycles. The summed E-state index contributed by atoms with van der Waals surface area (Å²) in [4.78, 5) is 34.2. The molecule has 0 saturated carbocycles. The van der Waals surface area contributed by atoms with Gasteiger partial charge in [0.25, 0.3) is 5.91 Å². The lowest BCUT2D eigenvalue weighted by Crippen LogP contribution is -2.55. The van der Waals surface area contributed by atoms with Crippen molar-refractivity contribution < 1.29 is 14.3 Å². The smallest absolute Gasteiger partial charge is 0.253 e. The van der Waals surface area contributed by atoms with E-state index >= 15 is 0 Å². The summed E-state index contributed by atoms with van der Waals surface area (Å²) in [6.45, 7) is 10.5. The van der Waals surface area contributed by atoms with Gasteiger partial charge in [0, 0.05) is 62.8 Å². The van der Waals surface area contributed by atoms with E-state index in [1.54, 1.807) is 4.90 Å². The molecule has 3 heterocycles. The standard InChI is InChI=1S/C29H39N5O3/c1-20(2)32-14-16-33(17-15-32)29(36)22-8-10-23(11-9-22)30-24-12-13-25-26(19-24)34(21(3)28(35)31(25)4)27-7-5-6-18-37-27/h8-13,19-21,27,30H,5-7,14-18H2,1-4H3/t21-,27?/m1/s1. The van der Waals surface area contributed by atoms with Crippen LogP contribution in [0.5, 0.6) is 0 Å². The highest BCUT2D eigenvalue weighted by Crippen LogP contribution is 2.40. The predicted molar refractivity (Wildman–Crippen MR) is 148 cm³/mol. The maximum Gasteiger partial charge on any atom is 0.253 e. The van der Waals surface area contributed by atoms with E-state index in [-0.39, 0.29) is 24.1 Å². The summed E-state index contributed by atoms with van der Waals surface area (Å²) in [7, 11) is 1.84. The maximum absolute atomic E-state index is 13.0. The van der Waals surface area contributed by atoms with Crippen LogP contribution in [0.15, 0.2) is 42.5 Å². The van der Waals surface area contributed by atoms with Crippen LogP contribution in [0.3, 0.4) is 0 Å². The lowest BCUT2D eigenvalue weighted by atomic mass is 10.0. The number of carbonyl (C=O) groups excluding carboxylic acids is 2. The van der Waals surface area contributed by atoms with E-state index in [2.05, 4.69) is 35.0 Å². The number of fused-ring (bicyclic) bond motifs is 1. The van der Waals surface area contributed by atoms with Crippen molar-refractivity contribution in [1.29, 1.82) is 0 Å². The molecule has 0 radical (unpaired) electrons. The van der Waals surface area contributed by atoms with Gasteiger partial charge < -0.3 is 24.8 Å². The third kappa shape index (κ3) is 5.18.